The number of hydrogen-bond acceptors (Lipinski definition) is 2. The molecule has 5 heteroatoms. The Balaban J connectivity index is 1.50. The molecular formula is C21H18FN3O. The summed E-state index contributed by atoms with van der Waals surface area (Å²) in [6, 6.07) is 22.9. The van der Waals surface area contributed by atoms with Crippen molar-refractivity contribution in [1.82, 2.24) is 5.32 Å². The number of benzene rings is 3. The van der Waals surface area contributed by atoms with Crippen LogP contribution in [0.5, 0.6) is 0 Å². The topological polar surface area (TPSA) is 53.2 Å². The smallest absolute Gasteiger partial charge is 0.323 e. The van der Waals surface area contributed by atoms with Crippen LogP contribution in [-0.2, 0) is 0 Å². The summed E-state index contributed by atoms with van der Waals surface area (Å²) in [6.07, 6.45) is 3.19. The van der Waals surface area contributed by atoms with E-state index >= 15 is 0 Å². The monoisotopic (exact) mass is 347 g/mol. The Bertz CT molecular complexity index is 875. The van der Waals surface area contributed by atoms with Gasteiger partial charge in [-0.25, -0.2) is 9.18 Å². The third-order valence-electron chi connectivity index (χ3n) is 3.57. The van der Waals surface area contributed by atoms with E-state index in [9.17, 15) is 9.18 Å². The quantitative estimate of drug-likeness (QED) is 0.582. The van der Waals surface area contributed by atoms with Gasteiger partial charge >= 0.3 is 6.03 Å². The van der Waals surface area contributed by atoms with Gasteiger partial charge in [0.15, 0.2) is 0 Å². The lowest BCUT2D eigenvalue weighted by molar-refractivity contribution is 0.255. The van der Waals surface area contributed by atoms with Crippen molar-refractivity contribution in [3.05, 3.63) is 96.4 Å². The van der Waals surface area contributed by atoms with E-state index < -0.39 is 0 Å². The minimum atomic E-state index is -0.355. The largest absolute Gasteiger partial charge is 0.356 e. The second kappa shape index (κ2) is 8.48. The summed E-state index contributed by atoms with van der Waals surface area (Å²) >= 11 is 0. The Morgan fingerprint density at radius 3 is 2.08 bits per heavy atom. The molecule has 130 valence electrons. The molecule has 0 saturated heterocycles. The molecule has 3 N–H and O–H groups in total. The van der Waals surface area contributed by atoms with Gasteiger partial charge in [-0.15, -0.1) is 0 Å². The zero-order chi connectivity index (χ0) is 18.2. The molecule has 26 heavy (non-hydrogen) atoms. The van der Waals surface area contributed by atoms with Crippen LogP contribution in [0.1, 0.15) is 5.56 Å². The number of anilines is 3. The van der Waals surface area contributed by atoms with E-state index in [-0.39, 0.29) is 11.8 Å². The van der Waals surface area contributed by atoms with Gasteiger partial charge in [0.1, 0.15) is 5.82 Å². The number of rotatable bonds is 5. The van der Waals surface area contributed by atoms with E-state index in [0.717, 1.165) is 16.9 Å². The average molecular weight is 347 g/mol. The van der Waals surface area contributed by atoms with Crippen LogP contribution in [0.4, 0.5) is 26.2 Å². The summed E-state index contributed by atoms with van der Waals surface area (Å²) in [4.78, 5) is 11.9. The van der Waals surface area contributed by atoms with Gasteiger partial charge in [0.25, 0.3) is 0 Å². The second-order valence-electron chi connectivity index (χ2n) is 5.55. The second-order valence-corrected chi connectivity index (χ2v) is 5.55. The third kappa shape index (κ3) is 5.21. The van der Waals surface area contributed by atoms with E-state index in [1.807, 2.05) is 54.6 Å². The minimum absolute atomic E-state index is 0.293. The Kier molecular flexibility index (Phi) is 5.62. The summed E-state index contributed by atoms with van der Waals surface area (Å²) in [5.41, 5.74) is 3.40. The Morgan fingerprint density at radius 2 is 1.38 bits per heavy atom. The fraction of sp³-hybridized carbons (Fsp3) is 0. The molecule has 3 aromatic rings. The fourth-order valence-corrected chi connectivity index (χ4v) is 2.28. The average Bonchev–Trinajstić information content (AvgIpc) is 2.66. The van der Waals surface area contributed by atoms with Gasteiger partial charge in [0, 0.05) is 23.3 Å². The van der Waals surface area contributed by atoms with Crippen molar-refractivity contribution in [3.63, 3.8) is 0 Å². The van der Waals surface area contributed by atoms with Crippen LogP contribution in [0, 0.1) is 5.82 Å². The predicted octanol–water partition coefficient (Wildman–Crippen LogP) is 5.36. The lowest BCUT2D eigenvalue weighted by Gasteiger charge is -2.08. The molecule has 0 aliphatic rings. The number of halogens is 1. The molecule has 0 fully saturated rings. The maximum Gasteiger partial charge on any atom is 0.323 e. The predicted molar refractivity (Wildman–Crippen MR) is 104 cm³/mol. The van der Waals surface area contributed by atoms with Crippen LogP contribution in [0.3, 0.4) is 0 Å². The number of hydrogen-bond donors (Lipinski definition) is 3. The van der Waals surface area contributed by atoms with Crippen LogP contribution >= 0.6 is 0 Å². The van der Waals surface area contributed by atoms with Crippen molar-refractivity contribution in [2.75, 3.05) is 10.6 Å². The van der Waals surface area contributed by atoms with Crippen LogP contribution in [0.2, 0.25) is 0 Å². The zero-order valence-electron chi connectivity index (χ0n) is 13.9. The number of urea groups is 1. The number of nitrogens with one attached hydrogen (secondary N) is 3. The molecule has 0 heterocycles. The van der Waals surface area contributed by atoms with Gasteiger partial charge in [-0.05, 0) is 60.2 Å². The Hall–Kier alpha value is -3.60. The first-order valence-electron chi connectivity index (χ1n) is 8.11. The summed E-state index contributed by atoms with van der Waals surface area (Å²) in [5, 5.41) is 8.62. The highest BCUT2D eigenvalue weighted by Gasteiger charge is 2.00. The molecule has 0 saturated carbocycles. The molecule has 4 nitrogen and oxygen atoms in total. The molecule has 0 atom stereocenters. The number of carbonyl (C=O) groups excluding carboxylic acids is 1. The highest BCUT2D eigenvalue weighted by atomic mass is 19.1. The summed E-state index contributed by atoms with van der Waals surface area (Å²) < 4.78 is 12.8. The maximum atomic E-state index is 12.8. The van der Waals surface area contributed by atoms with Gasteiger partial charge in [-0.2, -0.15) is 0 Å². The molecular weight excluding hydrogens is 329 g/mol. The molecule has 0 radical (unpaired) electrons. The van der Waals surface area contributed by atoms with Gasteiger partial charge in [0.05, 0.1) is 0 Å². The maximum absolute atomic E-state index is 12.8. The van der Waals surface area contributed by atoms with Crippen molar-refractivity contribution in [2.45, 2.75) is 0 Å². The van der Waals surface area contributed by atoms with Crippen molar-refractivity contribution in [2.24, 2.45) is 0 Å². The molecule has 3 rings (SSSR count). The lowest BCUT2D eigenvalue weighted by atomic mass is 10.2. The van der Waals surface area contributed by atoms with E-state index in [2.05, 4.69) is 16.0 Å². The van der Waals surface area contributed by atoms with Crippen molar-refractivity contribution in [3.8, 4) is 0 Å². The van der Waals surface area contributed by atoms with Crippen LogP contribution in [-0.4, -0.2) is 6.03 Å². The first-order valence-corrected chi connectivity index (χ1v) is 8.11. The molecule has 0 bridgehead atoms. The fourth-order valence-electron chi connectivity index (χ4n) is 2.28. The van der Waals surface area contributed by atoms with Crippen LogP contribution in [0.15, 0.2) is 85.1 Å². The lowest BCUT2D eigenvalue weighted by Crippen LogP contribution is -2.23. The summed E-state index contributed by atoms with van der Waals surface area (Å²) in [6.45, 7) is 0. The summed E-state index contributed by atoms with van der Waals surface area (Å²) in [7, 11) is 0. The van der Waals surface area contributed by atoms with Crippen molar-refractivity contribution in [1.29, 1.82) is 0 Å². The molecule has 0 aliphatic carbocycles. The molecule has 0 aliphatic heterocycles. The van der Waals surface area contributed by atoms with E-state index in [4.69, 9.17) is 0 Å². The molecule has 0 unspecified atom stereocenters. The zero-order valence-corrected chi connectivity index (χ0v) is 13.9. The van der Waals surface area contributed by atoms with Crippen LogP contribution in [0.25, 0.3) is 6.08 Å². The number of amides is 2. The van der Waals surface area contributed by atoms with Crippen molar-refractivity contribution >= 4 is 29.2 Å². The number of carbonyl (C=O) groups is 1. The Labute approximate surface area is 151 Å². The summed E-state index contributed by atoms with van der Waals surface area (Å²) in [5.74, 6) is -0.293. The van der Waals surface area contributed by atoms with Crippen LogP contribution < -0.4 is 16.0 Å². The number of para-hydroxylation sites is 1. The van der Waals surface area contributed by atoms with Gasteiger partial charge < -0.3 is 16.0 Å². The SMILES string of the molecule is O=C(N/C=C/c1ccc(F)cc1)Nc1ccc(Nc2ccccc2)cc1. The van der Waals surface area contributed by atoms with Gasteiger partial charge in [-0.1, -0.05) is 30.3 Å². The normalized spacial score (nSPS) is 10.5. The molecule has 3 aromatic carbocycles. The first kappa shape index (κ1) is 17.2. The molecule has 0 spiro atoms. The van der Waals surface area contributed by atoms with Gasteiger partial charge in [-0.3, -0.25) is 0 Å². The molecule has 0 aromatic heterocycles. The van der Waals surface area contributed by atoms with Gasteiger partial charge in [0.2, 0.25) is 0 Å². The van der Waals surface area contributed by atoms with Crippen molar-refractivity contribution < 1.29 is 9.18 Å². The standard InChI is InChI=1S/C21H18FN3O/c22-17-8-6-16(7-9-17)14-15-23-21(26)25-20-12-10-19(11-13-20)24-18-4-2-1-3-5-18/h1-15,24H,(H2,23,25,26)/b15-14+. The Morgan fingerprint density at radius 1 is 0.769 bits per heavy atom. The third-order valence-corrected chi connectivity index (χ3v) is 3.57. The highest BCUT2D eigenvalue weighted by Crippen LogP contribution is 2.18. The highest BCUT2D eigenvalue weighted by molar-refractivity contribution is 5.90. The first-order chi connectivity index (χ1) is 12.7. The molecule has 2 amide bonds. The van der Waals surface area contributed by atoms with E-state index in [1.165, 1.54) is 18.3 Å². The van der Waals surface area contributed by atoms with E-state index in [0.29, 0.717) is 5.69 Å². The van der Waals surface area contributed by atoms with E-state index in [1.54, 1.807) is 18.2 Å². The minimum Gasteiger partial charge on any atom is -0.356 e.